The van der Waals surface area contributed by atoms with Gasteiger partial charge in [-0.1, -0.05) is 60.1 Å². The third kappa shape index (κ3) is 6.38. The first-order chi connectivity index (χ1) is 12.9. The van der Waals surface area contributed by atoms with Gasteiger partial charge in [-0.25, -0.2) is 9.78 Å². The van der Waals surface area contributed by atoms with Crippen molar-refractivity contribution in [1.29, 1.82) is 0 Å². The van der Waals surface area contributed by atoms with E-state index in [0.29, 0.717) is 28.5 Å². The summed E-state index contributed by atoms with van der Waals surface area (Å²) in [6.45, 7) is 5.65. The summed E-state index contributed by atoms with van der Waals surface area (Å²) in [5.74, 6) is -1.15. The molecule has 140 valence electrons. The van der Waals surface area contributed by atoms with E-state index < -0.39 is 5.97 Å². The van der Waals surface area contributed by atoms with Crippen molar-refractivity contribution >= 4 is 29.2 Å². The molecule has 0 fully saturated rings. The first kappa shape index (κ1) is 20.9. The summed E-state index contributed by atoms with van der Waals surface area (Å²) >= 11 is 12.1. The quantitative estimate of drug-likeness (QED) is 0.520. The van der Waals surface area contributed by atoms with E-state index in [2.05, 4.69) is 11.6 Å². The minimum Gasteiger partial charge on any atom is -0.477 e. The van der Waals surface area contributed by atoms with Crippen LogP contribution in [0.15, 0.2) is 78.0 Å². The summed E-state index contributed by atoms with van der Waals surface area (Å²) in [5.41, 5.74) is 2.73. The number of aromatic carboxylic acids is 1. The van der Waals surface area contributed by atoms with Crippen LogP contribution in [-0.4, -0.2) is 16.1 Å². The summed E-state index contributed by atoms with van der Waals surface area (Å²) in [5, 5.41) is 10.6. The van der Waals surface area contributed by atoms with E-state index in [1.54, 1.807) is 12.1 Å². The van der Waals surface area contributed by atoms with Gasteiger partial charge in [-0.3, -0.25) is 0 Å². The molecule has 0 aliphatic rings. The Morgan fingerprint density at radius 3 is 2.74 bits per heavy atom. The van der Waals surface area contributed by atoms with Gasteiger partial charge >= 0.3 is 5.97 Å². The monoisotopic (exact) mass is 401 g/mol. The van der Waals surface area contributed by atoms with E-state index in [0.717, 1.165) is 11.1 Å². The molecular weight excluding hydrogens is 381 g/mol. The highest BCUT2D eigenvalue weighted by atomic mass is 35.5. The number of hydrogen-bond acceptors (Lipinski definition) is 2. The second-order valence-corrected chi connectivity index (χ2v) is 7.07. The highest BCUT2D eigenvalue weighted by molar-refractivity contribution is 6.31. The molecule has 0 aliphatic heterocycles. The van der Waals surface area contributed by atoms with E-state index in [1.807, 2.05) is 49.4 Å². The van der Waals surface area contributed by atoms with Crippen LogP contribution in [0.4, 0.5) is 0 Å². The predicted molar refractivity (Wildman–Crippen MR) is 112 cm³/mol. The van der Waals surface area contributed by atoms with Gasteiger partial charge in [-0.2, -0.15) is 0 Å². The molecule has 0 spiro atoms. The second kappa shape index (κ2) is 10.1. The molecule has 1 aromatic heterocycles. The van der Waals surface area contributed by atoms with E-state index in [4.69, 9.17) is 23.2 Å². The van der Waals surface area contributed by atoms with Crippen molar-refractivity contribution in [3.05, 3.63) is 99.9 Å². The Morgan fingerprint density at radius 2 is 2.11 bits per heavy atom. The van der Waals surface area contributed by atoms with Gasteiger partial charge in [0.15, 0.2) is 5.69 Å². The van der Waals surface area contributed by atoms with Gasteiger partial charge in [-0.05, 0) is 66.7 Å². The first-order valence-corrected chi connectivity index (χ1v) is 9.26. The van der Waals surface area contributed by atoms with Gasteiger partial charge in [-0.15, -0.1) is 0 Å². The van der Waals surface area contributed by atoms with E-state index in [1.165, 1.54) is 6.20 Å². The third-order valence-electron chi connectivity index (χ3n) is 4.06. The van der Waals surface area contributed by atoms with Gasteiger partial charge in [0, 0.05) is 16.3 Å². The van der Waals surface area contributed by atoms with Gasteiger partial charge in [0.05, 0.1) is 0 Å². The zero-order valence-corrected chi connectivity index (χ0v) is 16.5. The Morgan fingerprint density at radius 1 is 1.33 bits per heavy atom. The fraction of sp³-hybridized carbons (Fsp3) is 0.182. The summed E-state index contributed by atoms with van der Waals surface area (Å²) < 4.78 is 0. The molecule has 0 saturated carbocycles. The van der Waals surface area contributed by atoms with Crippen molar-refractivity contribution in [2.75, 3.05) is 0 Å². The third-order valence-corrected chi connectivity index (χ3v) is 4.40. The molecule has 0 saturated heterocycles. The number of hydrogen-bond donors (Lipinski definition) is 1. The van der Waals surface area contributed by atoms with E-state index in [9.17, 15) is 9.90 Å². The van der Waals surface area contributed by atoms with Crippen molar-refractivity contribution < 1.29 is 9.90 Å². The van der Waals surface area contributed by atoms with E-state index >= 15 is 0 Å². The molecule has 0 amide bonds. The molecule has 1 aromatic carbocycles. The maximum absolute atomic E-state index is 11.7. The van der Waals surface area contributed by atoms with Crippen LogP contribution in [0.2, 0.25) is 5.02 Å². The van der Waals surface area contributed by atoms with Crippen LogP contribution < -0.4 is 0 Å². The van der Waals surface area contributed by atoms with Crippen molar-refractivity contribution in [3.8, 4) is 0 Å². The lowest BCUT2D eigenvalue weighted by molar-refractivity contribution is 0.0688. The van der Waals surface area contributed by atoms with Crippen molar-refractivity contribution in [1.82, 2.24) is 4.98 Å². The van der Waals surface area contributed by atoms with Crippen LogP contribution >= 0.6 is 23.2 Å². The van der Waals surface area contributed by atoms with Gasteiger partial charge in [0.1, 0.15) is 0 Å². The fourth-order valence-electron chi connectivity index (χ4n) is 3.04. The Bertz CT molecular complexity index is 887. The second-order valence-electron chi connectivity index (χ2n) is 6.15. The molecule has 0 aliphatic carbocycles. The van der Waals surface area contributed by atoms with Crippen LogP contribution in [0.1, 0.15) is 40.9 Å². The number of carboxylic acid groups (broad SMARTS) is 1. The fourth-order valence-corrected chi connectivity index (χ4v) is 3.39. The van der Waals surface area contributed by atoms with Gasteiger partial charge < -0.3 is 5.11 Å². The molecular formula is C22H21Cl2NO2. The molecule has 0 radical (unpaired) electrons. The van der Waals surface area contributed by atoms with Crippen molar-refractivity contribution in [2.45, 2.75) is 25.7 Å². The summed E-state index contributed by atoms with van der Waals surface area (Å²) in [6.07, 6.45) is 8.37. The maximum atomic E-state index is 11.7. The Labute approximate surface area is 169 Å². The number of aromatic nitrogens is 1. The first-order valence-electron chi connectivity index (χ1n) is 8.51. The number of nitrogens with zero attached hydrogens (tertiary/aromatic N) is 1. The molecule has 1 N–H and O–H groups in total. The number of benzene rings is 1. The highest BCUT2D eigenvalue weighted by Gasteiger charge is 2.21. The van der Waals surface area contributed by atoms with E-state index in [-0.39, 0.29) is 11.6 Å². The molecule has 3 nitrogen and oxygen atoms in total. The smallest absolute Gasteiger partial charge is 0.354 e. The number of rotatable bonds is 8. The highest BCUT2D eigenvalue weighted by Crippen LogP contribution is 2.31. The topological polar surface area (TPSA) is 50.2 Å². The maximum Gasteiger partial charge on any atom is 0.354 e. The Kier molecular flexibility index (Phi) is 7.83. The van der Waals surface area contributed by atoms with Crippen LogP contribution in [0.3, 0.4) is 0 Å². The standard InChI is InChI=1S/C22H21Cl2NO2/c1-3-6-16(11-15(2)23)12-18(13-17-7-4-8-19(24)14-17)20-9-5-10-25-21(20)22(26)27/h3-11,14,18H,2,12-13H2,1H3,(H,26,27)/b6-3-,16-11+. The molecule has 1 atom stereocenters. The van der Waals surface area contributed by atoms with Gasteiger partial charge in [0.25, 0.3) is 0 Å². The summed E-state index contributed by atoms with van der Waals surface area (Å²) in [4.78, 5) is 15.7. The molecule has 0 bridgehead atoms. The largest absolute Gasteiger partial charge is 0.477 e. The summed E-state index contributed by atoms with van der Waals surface area (Å²) in [6, 6.07) is 11.1. The van der Waals surface area contributed by atoms with Crippen LogP contribution in [0, 0.1) is 0 Å². The minimum atomic E-state index is -1.04. The van der Waals surface area contributed by atoms with Crippen LogP contribution in [0.25, 0.3) is 0 Å². The SMILES string of the molecule is C=C(Cl)/C=C(\C=C/C)CC(Cc1cccc(Cl)c1)c1cccnc1C(=O)O. The lowest BCUT2D eigenvalue weighted by atomic mass is 9.85. The molecule has 2 aromatic rings. The zero-order chi connectivity index (χ0) is 19.8. The number of allylic oxidation sites excluding steroid dienone is 5. The number of halogens is 2. The Balaban J connectivity index is 2.48. The van der Waals surface area contributed by atoms with Crippen LogP contribution in [0.5, 0.6) is 0 Å². The predicted octanol–water partition coefficient (Wildman–Crippen LogP) is 6.40. The number of carboxylic acids is 1. The average molecular weight is 402 g/mol. The lowest BCUT2D eigenvalue weighted by Crippen LogP contribution is -2.12. The lowest BCUT2D eigenvalue weighted by Gasteiger charge is -2.20. The normalized spacial score (nSPS) is 12.9. The zero-order valence-electron chi connectivity index (χ0n) is 15.0. The van der Waals surface area contributed by atoms with Crippen LogP contribution in [-0.2, 0) is 6.42 Å². The average Bonchev–Trinajstić information content (AvgIpc) is 2.61. The molecule has 27 heavy (non-hydrogen) atoms. The molecule has 1 unspecified atom stereocenters. The number of carbonyl (C=O) groups is 1. The summed E-state index contributed by atoms with van der Waals surface area (Å²) in [7, 11) is 0. The molecule has 1 heterocycles. The molecule has 2 rings (SSSR count). The van der Waals surface area contributed by atoms with Gasteiger partial charge in [0.2, 0.25) is 0 Å². The number of pyridine rings is 1. The minimum absolute atomic E-state index is 0.0639. The van der Waals surface area contributed by atoms with Crippen molar-refractivity contribution in [3.63, 3.8) is 0 Å². The van der Waals surface area contributed by atoms with Crippen molar-refractivity contribution in [2.24, 2.45) is 0 Å². The Hall–Kier alpha value is -2.36. The molecule has 5 heteroatoms.